The standard InChI is InChI=1S/C19H30N2O5/c1-12(22)10-25-16-7-6-15(14-5-8-17(24)21-18(14)16)26-11-13(23)9-20-19(2,3)4/h6-7,12-13,20,22-23H,5,8-11H2,1-4H3,(H,21,24). The van der Waals surface area contributed by atoms with Crippen molar-refractivity contribution >= 4 is 11.6 Å². The van der Waals surface area contributed by atoms with Gasteiger partial charge in [0.25, 0.3) is 0 Å². The van der Waals surface area contributed by atoms with E-state index in [1.54, 1.807) is 19.1 Å². The minimum atomic E-state index is -0.644. The minimum Gasteiger partial charge on any atom is -0.490 e. The molecule has 0 bridgehead atoms. The van der Waals surface area contributed by atoms with Gasteiger partial charge in [-0.1, -0.05) is 0 Å². The van der Waals surface area contributed by atoms with E-state index in [0.717, 1.165) is 5.56 Å². The summed E-state index contributed by atoms with van der Waals surface area (Å²) in [7, 11) is 0. The van der Waals surface area contributed by atoms with Crippen molar-refractivity contribution < 1.29 is 24.5 Å². The van der Waals surface area contributed by atoms with Crippen LogP contribution in [0.1, 0.15) is 39.7 Å². The van der Waals surface area contributed by atoms with Crippen LogP contribution in [0.2, 0.25) is 0 Å². The van der Waals surface area contributed by atoms with Gasteiger partial charge in [0.2, 0.25) is 5.91 Å². The van der Waals surface area contributed by atoms with Crippen molar-refractivity contribution in [1.82, 2.24) is 5.32 Å². The highest BCUT2D eigenvalue weighted by molar-refractivity contribution is 5.96. The fourth-order valence-corrected chi connectivity index (χ4v) is 2.57. The van der Waals surface area contributed by atoms with Gasteiger partial charge in [0.1, 0.15) is 30.8 Å². The Balaban J connectivity index is 2.07. The van der Waals surface area contributed by atoms with E-state index in [1.165, 1.54) is 0 Å². The van der Waals surface area contributed by atoms with E-state index < -0.39 is 12.2 Å². The Bertz CT molecular complexity index is 625. The lowest BCUT2D eigenvalue weighted by Crippen LogP contribution is -2.42. The number of ether oxygens (including phenoxy) is 2. The molecule has 7 nitrogen and oxygen atoms in total. The normalized spacial score (nSPS) is 16.5. The number of fused-ring (bicyclic) bond motifs is 1. The van der Waals surface area contributed by atoms with Gasteiger partial charge in [-0.2, -0.15) is 0 Å². The van der Waals surface area contributed by atoms with Crippen LogP contribution in [0.15, 0.2) is 12.1 Å². The van der Waals surface area contributed by atoms with E-state index in [1.807, 2.05) is 20.8 Å². The third kappa shape index (κ3) is 6.16. The second kappa shape index (κ2) is 8.70. The van der Waals surface area contributed by atoms with Gasteiger partial charge in [0.05, 0.1) is 11.8 Å². The molecule has 2 atom stereocenters. The van der Waals surface area contributed by atoms with Gasteiger partial charge in [-0.3, -0.25) is 4.79 Å². The maximum absolute atomic E-state index is 11.8. The predicted octanol–water partition coefficient (Wildman–Crippen LogP) is 1.46. The van der Waals surface area contributed by atoms with Gasteiger partial charge in [0, 0.05) is 24.1 Å². The molecule has 2 rings (SSSR count). The molecule has 1 aromatic rings. The van der Waals surface area contributed by atoms with Crippen LogP contribution in [0.3, 0.4) is 0 Å². The Morgan fingerprint density at radius 3 is 2.46 bits per heavy atom. The number of nitrogens with one attached hydrogen (secondary N) is 2. The van der Waals surface area contributed by atoms with Crippen LogP contribution >= 0.6 is 0 Å². The smallest absolute Gasteiger partial charge is 0.224 e. The first-order chi connectivity index (χ1) is 12.2. The molecule has 26 heavy (non-hydrogen) atoms. The lowest BCUT2D eigenvalue weighted by molar-refractivity contribution is -0.116. The number of benzene rings is 1. The van der Waals surface area contributed by atoms with Gasteiger partial charge in [-0.15, -0.1) is 0 Å². The summed E-state index contributed by atoms with van der Waals surface area (Å²) >= 11 is 0. The van der Waals surface area contributed by atoms with E-state index in [2.05, 4.69) is 10.6 Å². The topological polar surface area (TPSA) is 100 Å². The lowest BCUT2D eigenvalue weighted by Gasteiger charge is -2.25. The summed E-state index contributed by atoms with van der Waals surface area (Å²) in [6.07, 6.45) is -0.337. The molecule has 7 heteroatoms. The molecule has 146 valence electrons. The Hall–Kier alpha value is -1.83. The van der Waals surface area contributed by atoms with E-state index in [4.69, 9.17) is 9.47 Å². The SMILES string of the molecule is CC(O)COc1ccc(OCC(O)CNC(C)(C)C)c2c1NC(=O)CC2. The van der Waals surface area contributed by atoms with Crippen molar-refractivity contribution in [2.75, 3.05) is 25.1 Å². The summed E-state index contributed by atoms with van der Waals surface area (Å²) in [6.45, 7) is 8.45. The molecule has 0 saturated heterocycles. The molecule has 0 spiro atoms. The minimum absolute atomic E-state index is 0.0761. The third-order valence-corrected chi connectivity index (χ3v) is 3.88. The van der Waals surface area contributed by atoms with Gasteiger partial charge in [0.15, 0.2) is 0 Å². The molecule has 4 N–H and O–H groups in total. The molecule has 0 aromatic heterocycles. The van der Waals surface area contributed by atoms with Crippen LogP contribution in [0.25, 0.3) is 0 Å². The van der Waals surface area contributed by atoms with Gasteiger partial charge in [-0.05, 0) is 46.2 Å². The Kier molecular flexibility index (Phi) is 6.86. The number of carbonyl (C=O) groups is 1. The summed E-state index contributed by atoms with van der Waals surface area (Å²) in [5, 5.41) is 25.6. The number of anilines is 1. The van der Waals surface area contributed by atoms with Gasteiger partial charge in [-0.25, -0.2) is 0 Å². The predicted molar refractivity (Wildman–Crippen MR) is 99.8 cm³/mol. The molecule has 1 aromatic carbocycles. The fraction of sp³-hybridized carbons (Fsp3) is 0.632. The van der Waals surface area contributed by atoms with Crippen molar-refractivity contribution in [3.8, 4) is 11.5 Å². The monoisotopic (exact) mass is 366 g/mol. The Morgan fingerprint density at radius 1 is 1.15 bits per heavy atom. The Labute approximate surface area is 154 Å². The highest BCUT2D eigenvalue weighted by atomic mass is 16.5. The summed E-state index contributed by atoms with van der Waals surface area (Å²) in [5.41, 5.74) is 1.36. The summed E-state index contributed by atoms with van der Waals surface area (Å²) in [5.74, 6) is 1.06. The van der Waals surface area contributed by atoms with Gasteiger partial charge >= 0.3 is 0 Å². The van der Waals surface area contributed by atoms with Crippen LogP contribution in [0.5, 0.6) is 11.5 Å². The molecular weight excluding hydrogens is 336 g/mol. The number of hydrogen-bond donors (Lipinski definition) is 4. The summed E-state index contributed by atoms with van der Waals surface area (Å²) < 4.78 is 11.4. The third-order valence-electron chi connectivity index (χ3n) is 3.88. The molecule has 1 aliphatic heterocycles. The first-order valence-electron chi connectivity index (χ1n) is 8.98. The Morgan fingerprint density at radius 2 is 1.81 bits per heavy atom. The molecule has 1 amide bonds. The molecule has 0 fully saturated rings. The zero-order chi connectivity index (χ0) is 19.3. The maximum atomic E-state index is 11.8. The van der Waals surface area contributed by atoms with E-state index >= 15 is 0 Å². The number of amides is 1. The van der Waals surface area contributed by atoms with E-state index in [0.29, 0.717) is 36.6 Å². The van der Waals surface area contributed by atoms with E-state index in [9.17, 15) is 15.0 Å². The highest BCUT2D eigenvalue weighted by Crippen LogP contribution is 2.39. The van der Waals surface area contributed by atoms with Crippen molar-refractivity contribution in [2.24, 2.45) is 0 Å². The number of rotatable bonds is 8. The highest BCUT2D eigenvalue weighted by Gasteiger charge is 2.23. The summed E-state index contributed by atoms with van der Waals surface area (Å²) in [4.78, 5) is 11.8. The van der Waals surface area contributed by atoms with E-state index in [-0.39, 0.29) is 24.7 Å². The number of carbonyl (C=O) groups excluding carboxylic acids is 1. The second-order valence-corrected chi connectivity index (χ2v) is 7.72. The van der Waals surface area contributed by atoms with Gasteiger partial charge < -0.3 is 30.3 Å². The van der Waals surface area contributed by atoms with Crippen molar-refractivity contribution in [3.63, 3.8) is 0 Å². The number of hydrogen-bond acceptors (Lipinski definition) is 6. The van der Waals surface area contributed by atoms with Crippen LogP contribution < -0.4 is 20.1 Å². The fourth-order valence-electron chi connectivity index (χ4n) is 2.57. The maximum Gasteiger partial charge on any atom is 0.224 e. The largest absolute Gasteiger partial charge is 0.490 e. The second-order valence-electron chi connectivity index (χ2n) is 7.72. The van der Waals surface area contributed by atoms with Crippen LogP contribution in [0.4, 0.5) is 5.69 Å². The van der Waals surface area contributed by atoms with Crippen LogP contribution in [0, 0.1) is 0 Å². The van der Waals surface area contributed by atoms with Crippen molar-refractivity contribution in [2.45, 2.75) is 58.3 Å². The lowest BCUT2D eigenvalue weighted by atomic mass is 10.0. The molecule has 0 aliphatic carbocycles. The number of aliphatic hydroxyl groups is 2. The average molecular weight is 366 g/mol. The molecular formula is C19H30N2O5. The average Bonchev–Trinajstić information content (AvgIpc) is 2.55. The first kappa shape index (κ1) is 20.5. The molecule has 0 radical (unpaired) electrons. The van der Waals surface area contributed by atoms with Crippen LogP contribution in [-0.2, 0) is 11.2 Å². The number of aliphatic hydroxyl groups excluding tert-OH is 2. The number of β-amino-alcohol motifs (C(OH)–C–C–N with tert-alkyl or cyclic N) is 1. The zero-order valence-corrected chi connectivity index (χ0v) is 16.0. The molecule has 2 unspecified atom stereocenters. The first-order valence-corrected chi connectivity index (χ1v) is 8.98. The van der Waals surface area contributed by atoms with Crippen molar-refractivity contribution in [1.29, 1.82) is 0 Å². The van der Waals surface area contributed by atoms with Crippen molar-refractivity contribution in [3.05, 3.63) is 17.7 Å². The van der Waals surface area contributed by atoms with Crippen LogP contribution in [-0.4, -0.2) is 53.6 Å². The molecule has 1 aliphatic rings. The quantitative estimate of drug-likeness (QED) is 0.556. The molecule has 1 heterocycles. The summed E-state index contributed by atoms with van der Waals surface area (Å²) in [6, 6.07) is 3.49. The molecule has 0 saturated carbocycles. The zero-order valence-electron chi connectivity index (χ0n) is 16.0.